The number of carbonyl (C=O) groups is 1. The standard InChI is InChI=1S/C21H21N3O2S2/c1-4-26-10-9-24-18-14(3)11-13(2)12-17(18)28-21(24)23-19(25)20-22-15-7-5-6-8-16(15)27-20/h5-8,11-12H,4,9-10H2,1-3H3. The number of carbonyl (C=O) groups excluding carboxylic acids is 1. The molecule has 0 spiro atoms. The number of thiazole rings is 2. The van der Waals surface area contributed by atoms with Crippen LogP contribution >= 0.6 is 22.7 Å². The van der Waals surface area contributed by atoms with E-state index in [0.29, 0.717) is 29.6 Å². The van der Waals surface area contributed by atoms with Crippen LogP contribution in [-0.2, 0) is 11.3 Å². The van der Waals surface area contributed by atoms with Crippen LogP contribution < -0.4 is 4.80 Å². The Bertz CT molecular complexity index is 1200. The number of fused-ring (bicyclic) bond motifs is 2. The van der Waals surface area contributed by atoms with Gasteiger partial charge in [-0.05, 0) is 50.1 Å². The molecular weight excluding hydrogens is 390 g/mol. The second kappa shape index (κ2) is 7.95. The molecule has 28 heavy (non-hydrogen) atoms. The number of nitrogens with zero attached hydrogens (tertiary/aromatic N) is 3. The van der Waals surface area contributed by atoms with Gasteiger partial charge in [0, 0.05) is 13.2 Å². The van der Waals surface area contributed by atoms with Gasteiger partial charge in [-0.2, -0.15) is 4.99 Å². The molecule has 0 fully saturated rings. The highest BCUT2D eigenvalue weighted by atomic mass is 32.1. The van der Waals surface area contributed by atoms with Crippen LogP contribution in [0.15, 0.2) is 41.4 Å². The largest absolute Gasteiger partial charge is 0.380 e. The maximum Gasteiger partial charge on any atom is 0.308 e. The van der Waals surface area contributed by atoms with Crippen molar-refractivity contribution >= 4 is 49.0 Å². The average molecular weight is 412 g/mol. The van der Waals surface area contributed by atoms with Gasteiger partial charge in [0.15, 0.2) is 9.81 Å². The summed E-state index contributed by atoms with van der Waals surface area (Å²) in [5, 5.41) is 0.419. The topological polar surface area (TPSA) is 56.5 Å². The molecule has 0 bridgehead atoms. The van der Waals surface area contributed by atoms with Gasteiger partial charge in [-0.25, -0.2) is 4.98 Å². The number of aromatic nitrogens is 2. The van der Waals surface area contributed by atoms with Crippen molar-refractivity contribution in [2.75, 3.05) is 13.2 Å². The second-order valence-electron chi connectivity index (χ2n) is 6.57. The summed E-state index contributed by atoms with van der Waals surface area (Å²) in [6.45, 7) is 8.06. The number of hydrogen-bond acceptors (Lipinski definition) is 5. The molecular formula is C21H21N3O2S2. The lowest BCUT2D eigenvalue weighted by Crippen LogP contribution is -2.20. The molecule has 0 aliphatic heterocycles. The lowest BCUT2D eigenvalue weighted by molar-refractivity contribution is 0.0996. The van der Waals surface area contributed by atoms with Crippen molar-refractivity contribution in [1.29, 1.82) is 0 Å². The van der Waals surface area contributed by atoms with Crippen LogP contribution in [0.2, 0.25) is 0 Å². The van der Waals surface area contributed by atoms with E-state index in [1.54, 1.807) is 0 Å². The first-order valence-corrected chi connectivity index (χ1v) is 10.8. The molecule has 4 rings (SSSR count). The Morgan fingerprint density at radius 1 is 1.18 bits per heavy atom. The van der Waals surface area contributed by atoms with Crippen LogP contribution in [0.4, 0.5) is 0 Å². The van der Waals surface area contributed by atoms with Gasteiger partial charge in [-0.3, -0.25) is 4.79 Å². The number of para-hydroxylation sites is 1. The molecule has 2 aromatic carbocycles. The van der Waals surface area contributed by atoms with Crippen molar-refractivity contribution in [3.8, 4) is 0 Å². The van der Waals surface area contributed by atoms with Gasteiger partial charge in [-0.1, -0.05) is 29.5 Å². The summed E-state index contributed by atoms with van der Waals surface area (Å²) < 4.78 is 9.77. The third kappa shape index (κ3) is 3.65. The number of rotatable bonds is 5. The van der Waals surface area contributed by atoms with E-state index < -0.39 is 0 Å². The third-order valence-electron chi connectivity index (χ3n) is 4.45. The first kappa shape index (κ1) is 19.0. The minimum Gasteiger partial charge on any atom is -0.380 e. The maximum atomic E-state index is 12.8. The quantitative estimate of drug-likeness (QED) is 0.447. The molecule has 2 aromatic heterocycles. The molecule has 0 saturated carbocycles. The van der Waals surface area contributed by atoms with E-state index in [1.807, 2.05) is 31.2 Å². The molecule has 7 heteroatoms. The van der Waals surface area contributed by atoms with Crippen molar-refractivity contribution < 1.29 is 9.53 Å². The van der Waals surface area contributed by atoms with Crippen LogP contribution in [0.3, 0.4) is 0 Å². The zero-order valence-electron chi connectivity index (χ0n) is 16.1. The molecule has 0 aliphatic rings. The minimum absolute atomic E-state index is 0.299. The predicted octanol–water partition coefficient (Wildman–Crippen LogP) is 4.71. The summed E-state index contributed by atoms with van der Waals surface area (Å²) in [7, 11) is 0. The molecule has 144 valence electrons. The van der Waals surface area contributed by atoms with Gasteiger partial charge < -0.3 is 9.30 Å². The summed E-state index contributed by atoms with van der Waals surface area (Å²) in [5.74, 6) is -0.299. The zero-order chi connectivity index (χ0) is 19.7. The van der Waals surface area contributed by atoms with Crippen molar-refractivity contribution in [2.24, 2.45) is 4.99 Å². The van der Waals surface area contributed by atoms with Gasteiger partial charge in [-0.15, -0.1) is 11.3 Å². The van der Waals surface area contributed by atoms with E-state index in [1.165, 1.54) is 33.8 Å². The number of amides is 1. The van der Waals surface area contributed by atoms with Crippen molar-refractivity contribution in [2.45, 2.75) is 27.3 Å². The summed E-state index contributed by atoms with van der Waals surface area (Å²) in [6.07, 6.45) is 0. The molecule has 1 amide bonds. The predicted molar refractivity (Wildman–Crippen MR) is 115 cm³/mol. The molecule has 0 unspecified atom stereocenters. The fourth-order valence-electron chi connectivity index (χ4n) is 3.28. The van der Waals surface area contributed by atoms with Gasteiger partial charge in [0.05, 0.1) is 27.0 Å². The molecule has 2 heterocycles. The van der Waals surface area contributed by atoms with Crippen LogP contribution in [-0.4, -0.2) is 28.7 Å². The van der Waals surface area contributed by atoms with Gasteiger partial charge >= 0.3 is 5.91 Å². The highest BCUT2D eigenvalue weighted by Crippen LogP contribution is 2.24. The Kier molecular flexibility index (Phi) is 5.39. The SMILES string of the molecule is CCOCCn1c(=NC(=O)c2nc3ccccc3s2)sc2cc(C)cc(C)c21. The summed E-state index contributed by atoms with van der Waals surface area (Å²) >= 11 is 2.92. The number of hydrogen-bond donors (Lipinski definition) is 0. The Hall–Kier alpha value is -2.35. The first-order valence-electron chi connectivity index (χ1n) is 9.19. The summed E-state index contributed by atoms with van der Waals surface area (Å²) in [4.78, 5) is 22.4. The zero-order valence-corrected chi connectivity index (χ0v) is 17.7. The first-order chi connectivity index (χ1) is 13.6. The van der Waals surface area contributed by atoms with Gasteiger partial charge in [0.25, 0.3) is 0 Å². The Labute approximate surface area is 171 Å². The average Bonchev–Trinajstić information content (AvgIpc) is 3.23. The maximum absolute atomic E-state index is 12.8. The van der Waals surface area contributed by atoms with Gasteiger partial charge in [0.2, 0.25) is 0 Å². The highest BCUT2D eigenvalue weighted by molar-refractivity contribution is 7.20. The third-order valence-corrected chi connectivity index (χ3v) is 6.50. The molecule has 0 N–H and O–H groups in total. The number of benzene rings is 2. The lowest BCUT2D eigenvalue weighted by atomic mass is 10.1. The van der Waals surface area contributed by atoms with Crippen LogP contribution in [0.1, 0.15) is 27.9 Å². The Balaban J connectivity index is 1.82. The summed E-state index contributed by atoms with van der Waals surface area (Å²) in [5.41, 5.74) is 4.33. The summed E-state index contributed by atoms with van der Waals surface area (Å²) in [6, 6.07) is 12.1. The molecule has 0 aliphatic carbocycles. The monoisotopic (exact) mass is 411 g/mol. The van der Waals surface area contributed by atoms with Crippen LogP contribution in [0.25, 0.3) is 20.4 Å². The second-order valence-corrected chi connectivity index (χ2v) is 8.61. The molecule has 4 aromatic rings. The number of aryl methyl sites for hydroxylation is 2. The van der Waals surface area contributed by atoms with Crippen molar-refractivity contribution in [1.82, 2.24) is 9.55 Å². The molecule has 0 atom stereocenters. The normalized spacial score (nSPS) is 12.3. The lowest BCUT2D eigenvalue weighted by Gasteiger charge is -2.08. The molecule has 0 saturated heterocycles. The smallest absolute Gasteiger partial charge is 0.308 e. The van der Waals surface area contributed by atoms with E-state index in [-0.39, 0.29) is 5.91 Å². The van der Waals surface area contributed by atoms with Crippen molar-refractivity contribution in [3.63, 3.8) is 0 Å². The molecule has 0 radical (unpaired) electrons. The van der Waals surface area contributed by atoms with E-state index >= 15 is 0 Å². The Morgan fingerprint density at radius 3 is 2.79 bits per heavy atom. The van der Waals surface area contributed by atoms with E-state index in [4.69, 9.17) is 4.74 Å². The van der Waals surface area contributed by atoms with E-state index in [0.717, 1.165) is 20.4 Å². The van der Waals surface area contributed by atoms with Gasteiger partial charge in [0.1, 0.15) is 0 Å². The highest BCUT2D eigenvalue weighted by Gasteiger charge is 2.14. The Morgan fingerprint density at radius 2 is 2.00 bits per heavy atom. The van der Waals surface area contributed by atoms with E-state index in [2.05, 4.69) is 40.5 Å². The molecule has 5 nitrogen and oxygen atoms in total. The van der Waals surface area contributed by atoms with Crippen LogP contribution in [0, 0.1) is 13.8 Å². The fraction of sp³-hybridized carbons (Fsp3) is 0.286. The number of ether oxygens (including phenoxy) is 1. The van der Waals surface area contributed by atoms with E-state index in [9.17, 15) is 4.79 Å². The van der Waals surface area contributed by atoms with Crippen LogP contribution in [0.5, 0.6) is 0 Å². The minimum atomic E-state index is -0.299. The fourth-order valence-corrected chi connectivity index (χ4v) is 5.36. The van der Waals surface area contributed by atoms with Crippen molar-refractivity contribution in [3.05, 3.63) is 57.3 Å².